The largest absolute Gasteiger partial charge is 0.329 e. The SMILES string of the molecule is C=C1N(C)c2c(-c3ccccc3)ccc(-c3ccccc3)c2N1c1ccccc1C.C=C1N(C)c2cc3ccccc3cc2N1c1ccccc1C.C=C1N(C)c2ccccc2N1c1c(C)cc(-c2ccc3c(c2)C(C)(C)c2ccccc2C3(C)C)c2ccccc12.C=C1N(C)c2ccccc2N1c1c(C)cc2c3c(cccc13)-c1ccccc1-2. The number of fused-ring (bicyclic) bond motifs is 11. The molecule has 0 radical (unpaired) electrons. The Kier molecular flexibility index (Phi) is 18.5. The average molecular weight is 1560 g/mol. The maximum atomic E-state index is 4.48. The highest BCUT2D eigenvalue weighted by Gasteiger charge is 2.43. The van der Waals surface area contributed by atoms with Crippen molar-refractivity contribution in [2.45, 2.75) is 66.2 Å². The van der Waals surface area contributed by atoms with Crippen LogP contribution in [-0.2, 0) is 10.8 Å². The lowest BCUT2D eigenvalue weighted by atomic mass is 9.60. The van der Waals surface area contributed by atoms with E-state index in [-0.39, 0.29) is 10.8 Å². The van der Waals surface area contributed by atoms with Crippen LogP contribution in [0.3, 0.4) is 0 Å². The number of benzene rings is 16. The molecule has 120 heavy (non-hydrogen) atoms. The van der Waals surface area contributed by atoms with Gasteiger partial charge in [0, 0.05) is 60.9 Å². The van der Waals surface area contributed by atoms with Crippen molar-refractivity contribution in [3.8, 4) is 55.6 Å². The number of anilines is 12. The monoisotopic (exact) mass is 1550 g/mol. The summed E-state index contributed by atoms with van der Waals surface area (Å²) in [6, 6.07) is 118. The van der Waals surface area contributed by atoms with Gasteiger partial charge in [0.2, 0.25) is 0 Å². The van der Waals surface area contributed by atoms with E-state index in [2.05, 4.69) is 477 Å². The molecule has 0 unspecified atom stereocenters. The minimum absolute atomic E-state index is 0.0443. The number of aryl methyl sites for hydroxylation is 4. The summed E-state index contributed by atoms with van der Waals surface area (Å²) in [6.45, 7) is 35.9. The van der Waals surface area contributed by atoms with E-state index in [4.69, 9.17) is 0 Å². The summed E-state index contributed by atoms with van der Waals surface area (Å²) in [5.41, 5.74) is 37.6. The van der Waals surface area contributed by atoms with Gasteiger partial charge in [0.05, 0.1) is 68.2 Å². The minimum atomic E-state index is -0.0795. The van der Waals surface area contributed by atoms with E-state index in [0.29, 0.717) is 0 Å². The Morgan fingerprint density at radius 1 is 0.217 bits per heavy atom. The zero-order valence-corrected chi connectivity index (χ0v) is 70.6. The van der Waals surface area contributed by atoms with Crippen molar-refractivity contribution >= 4 is 101 Å². The first kappa shape index (κ1) is 75.7. The molecule has 6 aliphatic rings. The third-order valence-corrected chi connectivity index (χ3v) is 26.0. The van der Waals surface area contributed by atoms with Gasteiger partial charge in [-0.3, -0.25) is 19.6 Å². The summed E-state index contributed by atoms with van der Waals surface area (Å²) < 4.78 is 0. The molecule has 2 aliphatic carbocycles. The van der Waals surface area contributed by atoms with Crippen molar-refractivity contribution in [2.24, 2.45) is 0 Å². The fourth-order valence-corrected chi connectivity index (χ4v) is 19.7. The van der Waals surface area contributed by atoms with Crippen molar-refractivity contribution in [2.75, 3.05) is 67.4 Å². The number of para-hydroxylation sites is 6. The van der Waals surface area contributed by atoms with Crippen LogP contribution in [0.25, 0.3) is 88.0 Å². The first-order valence-corrected chi connectivity index (χ1v) is 41.6. The lowest BCUT2D eigenvalue weighted by Crippen LogP contribution is -2.36. The number of rotatable bonds is 7. The van der Waals surface area contributed by atoms with E-state index in [1.165, 1.54) is 195 Å². The van der Waals surface area contributed by atoms with Crippen LogP contribution in [0.2, 0.25) is 0 Å². The Labute approximate surface area is 706 Å². The van der Waals surface area contributed by atoms with Crippen LogP contribution in [-0.4, -0.2) is 28.2 Å². The van der Waals surface area contributed by atoms with Gasteiger partial charge in [0.1, 0.15) is 23.3 Å². The van der Waals surface area contributed by atoms with Gasteiger partial charge in [0.25, 0.3) is 0 Å². The van der Waals surface area contributed by atoms with E-state index in [1.54, 1.807) is 0 Å². The van der Waals surface area contributed by atoms with Crippen molar-refractivity contribution in [3.63, 3.8) is 0 Å². The second-order valence-corrected chi connectivity index (χ2v) is 33.6. The normalized spacial score (nSPS) is 14.6. The zero-order chi connectivity index (χ0) is 82.9. The van der Waals surface area contributed by atoms with Crippen LogP contribution >= 0.6 is 0 Å². The molecule has 0 saturated carbocycles. The summed E-state index contributed by atoms with van der Waals surface area (Å²) in [6.07, 6.45) is 0. The fraction of sp³-hybridized carbons (Fsp3) is 0.125. The van der Waals surface area contributed by atoms with Gasteiger partial charge in [-0.25, -0.2) is 0 Å². The third-order valence-electron chi connectivity index (χ3n) is 26.0. The highest BCUT2D eigenvalue weighted by Crippen LogP contribution is 2.59. The van der Waals surface area contributed by atoms with Gasteiger partial charge in [0.15, 0.2) is 0 Å². The molecular formula is C112H98N8. The first-order valence-electron chi connectivity index (χ1n) is 41.6. The molecular weight excluding hydrogens is 1460 g/mol. The summed E-state index contributed by atoms with van der Waals surface area (Å²) >= 11 is 0. The molecule has 0 atom stereocenters. The van der Waals surface area contributed by atoms with Crippen LogP contribution < -0.4 is 39.2 Å². The Hall–Kier alpha value is -14.3. The fourth-order valence-electron chi connectivity index (χ4n) is 19.7. The third kappa shape index (κ3) is 12.0. The maximum absolute atomic E-state index is 4.48. The predicted molar refractivity (Wildman–Crippen MR) is 513 cm³/mol. The molecule has 4 aliphatic heterocycles. The summed E-state index contributed by atoms with van der Waals surface area (Å²) in [7, 11) is 8.38. The molecule has 0 spiro atoms. The van der Waals surface area contributed by atoms with E-state index in [9.17, 15) is 0 Å². The van der Waals surface area contributed by atoms with Crippen molar-refractivity contribution in [1.29, 1.82) is 0 Å². The topological polar surface area (TPSA) is 25.9 Å². The molecule has 0 N–H and O–H groups in total. The number of nitrogens with zero attached hydrogens (tertiary/aromatic N) is 8. The predicted octanol–water partition coefficient (Wildman–Crippen LogP) is 29.3. The van der Waals surface area contributed by atoms with Crippen LogP contribution in [0.1, 0.15) is 72.2 Å². The van der Waals surface area contributed by atoms with Crippen molar-refractivity contribution in [3.05, 3.63) is 422 Å². The van der Waals surface area contributed by atoms with Crippen molar-refractivity contribution < 1.29 is 0 Å². The molecule has 4 heterocycles. The molecule has 8 nitrogen and oxygen atoms in total. The molecule has 0 bridgehead atoms. The van der Waals surface area contributed by atoms with Crippen LogP contribution in [0.15, 0.2) is 377 Å². The number of hydrogen-bond donors (Lipinski definition) is 0. The average Bonchev–Trinajstić information content (AvgIpc) is 0.952. The Morgan fingerprint density at radius 3 is 1.17 bits per heavy atom. The van der Waals surface area contributed by atoms with Gasteiger partial charge in [-0.05, 0) is 205 Å². The smallest absolute Gasteiger partial charge is 0.110 e. The van der Waals surface area contributed by atoms with Crippen molar-refractivity contribution in [1.82, 2.24) is 0 Å². The molecule has 0 aromatic heterocycles. The highest BCUT2D eigenvalue weighted by molar-refractivity contribution is 6.20. The van der Waals surface area contributed by atoms with Gasteiger partial charge >= 0.3 is 0 Å². The van der Waals surface area contributed by atoms with E-state index < -0.39 is 0 Å². The first-order chi connectivity index (χ1) is 58.1. The summed E-state index contributed by atoms with van der Waals surface area (Å²) in [5.74, 6) is 3.90. The standard InChI is InChI=1S/C38H36N2.C28H24N2.C26H20N2.C20H18N2/c1-24-22-29(26-20-21-32-33(23-26)38(5,6)31-17-11-10-16-30(31)37(32,3)4)27-14-8-9-15-28(27)36(24)40-25(2)39(7)34-18-12-13-19-35(34)40;1-20-12-10-11-17-26(20)30-21(2)29(3)27-24(22-13-6-4-7-14-22)18-19-25(28(27)30)23-15-8-5-9-16-23;1-16-15-22-19-10-5-4-9-18(19)20-11-8-12-21(25(20)22)26(16)28-17(2)27(3)23-13-6-7-14-24(23)28;1-14-8-4-7-11-18(14)22-15(2)21(3)19-12-16-9-5-6-10-17(16)13-20(19)22/h8-23H,2H2,1,3-7H3;4-19H,2H2,1,3H3;4-15H,2H2,1,3H3;4-13H,2H2,1,3H3. The zero-order valence-electron chi connectivity index (χ0n) is 70.6. The van der Waals surface area contributed by atoms with Crippen LogP contribution in [0.4, 0.5) is 68.2 Å². The highest BCUT2D eigenvalue weighted by atomic mass is 15.4. The van der Waals surface area contributed by atoms with Gasteiger partial charge in [-0.2, -0.15) is 0 Å². The molecule has 22 rings (SSSR count). The lowest BCUT2D eigenvalue weighted by Gasteiger charge is -2.44. The van der Waals surface area contributed by atoms with Gasteiger partial charge < -0.3 is 19.6 Å². The molecule has 0 saturated heterocycles. The Morgan fingerprint density at radius 2 is 0.600 bits per heavy atom. The van der Waals surface area contributed by atoms with Gasteiger partial charge in [-0.1, -0.05) is 315 Å². The van der Waals surface area contributed by atoms with Crippen LogP contribution in [0, 0.1) is 27.7 Å². The van der Waals surface area contributed by atoms with E-state index in [0.717, 1.165) is 29.0 Å². The van der Waals surface area contributed by atoms with Crippen LogP contribution in [0.5, 0.6) is 0 Å². The Bertz CT molecular complexity index is 6920. The summed E-state index contributed by atoms with van der Waals surface area (Å²) in [4.78, 5) is 17.9. The molecule has 586 valence electrons. The molecule has 16 aromatic carbocycles. The number of hydrogen-bond acceptors (Lipinski definition) is 8. The second kappa shape index (κ2) is 29.4. The Balaban J connectivity index is 0.000000108. The quantitative estimate of drug-likeness (QED) is 0.156. The molecule has 16 aromatic rings. The van der Waals surface area contributed by atoms with E-state index >= 15 is 0 Å². The summed E-state index contributed by atoms with van der Waals surface area (Å²) in [5, 5.41) is 7.65. The molecule has 8 heteroatoms. The van der Waals surface area contributed by atoms with Gasteiger partial charge in [-0.15, -0.1) is 0 Å². The minimum Gasteiger partial charge on any atom is -0.329 e. The molecule has 0 fully saturated rings. The maximum Gasteiger partial charge on any atom is 0.110 e. The lowest BCUT2D eigenvalue weighted by molar-refractivity contribution is 0.521. The molecule has 0 amide bonds. The second-order valence-electron chi connectivity index (χ2n) is 33.6. The van der Waals surface area contributed by atoms with E-state index in [1.807, 2.05) is 0 Å².